The van der Waals surface area contributed by atoms with Crippen LogP contribution in [0.5, 0.6) is 17.2 Å². The zero-order valence-electron chi connectivity index (χ0n) is 15.2. The summed E-state index contributed by atoms with van der Waals surface area (Å²) in [6.45, 7) is 1.94. The molecule has 1 heterocycles. The lowest BCUT2D eigenvalue weighted by molar-refractivity contribution is -0.119. The zero-order chi connectivity index (χ0) is 19.2. The van der Waals surface area contributed by atoms with Gasteiger partial charge in [-0.15, -0.1) is 0 Å². The smallest absolute Gasteiger partial charge is 0.255 e. The molecule has 0 spiro atoms. The van der Waals surface area contributed by atoms with Gasteiger partial charge < -0.3 is 25.3 Å². The van der Waals surface area contributed by atoms with Crippen molar-refractivity contribution in [2.75, 3.05) is 26.9 Å². The molecule has 0 unspecified atom stereocenters. The molecule has 0 bridgehead atoms. The van der Waals surface area contributed by atoms with E-state index in [2.05, 4.69) is 11.4 Å². The van der Waals surface area contributed by atoms with E-state index in [0.717, 1.165) is 30.9 Å². The minimum Gasteiger partial charge on any atom is -0.493 e. The van der Waals surface area contributed by atoms with E-state index in [4.69, 9.17) is 31.5 Å². The molecule has 0 radical (unpaired) electrons. The van der Waals surface area contributed by atoms with E-state index in [1.165, 1.54) is 12.7 Å². The molecule has 1 amide bonds. The number of hydrogen-bond acceptors (Lipinski definition) is 5. The Morgan fingerprint density at radius 3 is 2.96 bits per heavy atom. The van der Waals surface area contributed by atoms with Crippen LogP contribution in [0.15, 0.2) is 36.4 Å². The summed E-state index contributed by atoms with van der Waals surface area (Å²) in [7, 11) is 1.53. The predicted octanol–water partition coefficient (Wildman–Crippen LogP) is 2.87. The molecule has 2 aromatic carbocycles. The minimum atomic E-state index is -0.574. The topological polar surface area (TPSA) is 82.8 Å². The molecule has 0 fully saturated rings. The van der Waals surface area contributed by atoms with Gasteiger partial charge in [-0.3, -0.25) is 4.79 Å². The number of amides is 1. The first-order valence-electron chi connectivity index (χ1n) is 8.78. The number of halogens is 1. The lowest BCUT2D eigenvalue weighted by Crippen LogP contribution is -2.25. The van der Waals surface area contributed by atoms with E-state index < -0.39 is 5.91 Å². The maximum atomic E-state index is 10.9. The van der Waals surface area contributed by atoms with Crippen LogP contribution in [0, 0.1) is 0 Å². The van der Waals surface area contributed by atoms with Crippen molar-refractivity contribution in [3.05, 3.63) is 52.5 Å². The number of ether oxygens (including phenoxy) is 3. The Morgan fingerprint density at radius 2 is 2.19 bits per heavy atom. The summed E-state index contributed by atoms with van der Waals surface area (Å²) in [6.07, 6.45) is 0.980. The number of nitrogens with two attached hydrogens (primary N) is 1. The average Bonchev–Trinajstić information content (AvgIpc) is 2.66. The second-order valence-corrected chi connectivity index (χ2v) is 6.77. The van der Waals surface area contributed by atoms with Crippen LogP contribution in [0.3, 0.4) is 0 Å². The van der Waals surface area contributed by atoms with Gasteiger partial charge in [-0.1, -0.05) is 29.8 Å². The van der Waals surface area contributed by atoms with Gasteiger partial charge in [-0.25, -0.2) is 0 Å². The van der Waals surface area contributed by atoms with Crippen LogP contribution in [-0.4, -0.2) is 32.8 Å². The maximum Gasteiger partial charge on any atom is 0.255 e. The van der Waals surface area contributed by atoms with Crippen molar-refractivity contribution in [1.82, 2.24) is 5.32 Å². The number of nitrogens with one attached hydrogen (secondary N) is 1. The third-order valence-electron chi connectivity index (χ3n) is 4.45. The molecule has 27 heavy (non-hydrogen) atoms. The molecule has 144 valence electrons. The fourth-order valence-corrected chi connectivity index (χ4v) is 3.47. The molecule has 1 aliphatic heterocycles. The minimum absolute atomic E-state index is 0.253. The van der Waals surface area contributed by atoms with E-state index in [1.54, 1.807) is 6.07 Å². The Bertz CT molecular complexity index is 813. The molecule has 0 aliphatic carbocycles. The van der Waals surface area contributed by atoms with Crippen LogP contribution in [0.25, 0.3) is 0 Å². The highest BCUT2D eigenvalue weighted by Gasteiger charge is 2.20. The Balaban J connectivity index is 1.63. The molecule has 6 nitrogen and oxygen atoms in total. The summed E-state index contributed by atoms with van der Waals surface area (Å²) in [4.78, 5) is 10.9. The zero-order valence-corrected chi connectivity index (χ0v) is 15.9. The number of rotatable bonds is 8. The summed E-state index contributed by atoms with van der Waals surface area (Å²) in [5.41, 5.74) is 7.32. The number of hydrogen-bond donors (Lipinski definition) is 2. The van der Waals surface area contributed by atoms with Gasteiger partial charge in [0.2, 0.25) is 0 Å². The second-order valence-electron chi connectivity index (χ2n) is 6.37. The third-order valence-corrected chi connectivity index (χ3v) is 4.73. The highest BCUT2D eigenvalue weighted by Crippen LogP contribution is 2.37. The molecule has 1 aliphatic rings. The number of carbonyl (C=O) groups is 1. The third kappa shape index (κ3) is 4.84. The highest BCUT2D eigenvalue weighted by atomic mass is 35.5. The van der Waals surface area contributed by atoms with Gasteiger partial charge in [0.15, 0.2) is 18.1 Å². The van der Waals surface area contributed by atoms with Crippen molar-refractivity contribution >= 4 is 17.5 Å². The first kappa shape index (κ1) is 19.3. The number of carbonyl (C=O) groups excluding carboxylic acids is 1. The summed E-state index contributed by atoms with van der Waals surface area (Å²) < 4.78 is 16.4. The standard InChI is InChI=1S/C20H23ClN2O4/c1-25-18-9-13(8-16(21)20(18)27-12-19(22)24)10-23-11-14-6-7-26-17-5-3-2-4-15(14)17/h2-5,8-9,14,23H,6-7,10-12H2,1H3,(H2,22,24)/t14-/m0/s1. The first-order chi connectivity index (χ1) is 13.1. The quantitative estimate of drug-likeness (QED) is 0.724. The van der Waals surface area contributed by atoms with Gasteiger partial charge in [0.05, 0.1) is 18.7 Å². The van der Waals surface area contributed by atoms with Gasteiger partial charge in [-0.2, -0.15) is 0 Å². The summed E-state index contributed by atoms with van der Waals surface area (Å²) in [5.74, 6) is 1.59. The van der Waals surface area contributed by atoms with Crippen molar-refractivity contribution in [3.8, 4) is 17.2 Å². The van der Waals surface area contributed by atoms with Crippen molar-refractivity contribution in [1.29, 1.82) is 0 Å². The van der Waals surface area contributed by atoms with E-state index in [0.29, 0.717) is 29.0 Å². The lowest BCUT2D eigenvalue weighted by atomic mass is 9.93. The summed E-state index contributed by atoms with van der Waals surface area (Å²) >= 11 is 6.29. The van der Waals surface area contributed by atoms with Crippen LogP contribution in [-0.2, 0) is 11.3 Å². The number of benzene rings is 2. The van der Waals surface area contributed by atoms with E-state index >= 15 is 0 Å². The largest absolute Gasteiger partial charge is 0.493 e. The van der Waals surface area contributed by atoms with Gasteiger partial charge in [0, 0.05) is 19.0 Å². The van der Waals surface area contributed by atoms with Crippen LogP contribution >= 0.6 is 11.6 Å². The molecular weight excluding hydrogens is 368 g/mol. The fourth-order valence-electron chi connectivity index (χ4n) is 3.18. The van der Waals surface area contributed by atoms with Gasteiger partial charge in [0.25, 0.3) is 5.91 Å². The SMILES string of the molecule is COc1cc(CNC[C@@H]2CCOc3ccccc32)cc(Cl)c1OCC(N)=O. The van der Waals surface area contributed by atoms with Crippen molar-refractivity contribution < 1.29 is 19.0 Å². The lowest BCUT2D eigenvalue weighted by Gasteiger charge is -2.26. The molecule has 3 rings (SSSR count). The summed E-state index contributed by atoms with van der Waals surface area (Å²) in [6, 6.07) is 11.8. The maximum absolute atomic E-state index is 10.9. The Kier molecular flexibility index (Phi) is 6.42. The molecule has 0 saturated heterocycles. The van der Waals surface area contributed by atoms with Crippen LogP contribution in [0.4, 0.5) is 0 Å². The molecule has 1 atom stereocenters. The van der Waals surface area contributed by atoms with Gasteiger partial charge in [0.1, 0.15) is 5.75 Å². The number of methoxy groups -OCH3 is 1. The Morgan fingerprint density at radius 1 is 1.37 bits per heavy atom. The van der Waals surface area contributed by atoms with E-state index in [1.807, 2.05) is 24.3 Å². The number of para-hydroxylation sites is 1. The number of primary amides is 1. The van der Waals surface area contributed by atoms with Gasteiger partial charge in [-0.05, 0) is 35.7 Å². The second kappa shape index (κ2) is 8.97. The van der Waals surface area contributed by atoms with Crippen molar-refractivity contribution in [2.24, 2.45) is 5.73 Å². The highest BCUT2D eigenvalue weighted by molar-refractivity contribution is 6.32. The fraction of sp³-hybridized carbons (Fsp3) is 0.350. The molecule has 0 aromatic heterocycles. The number of fused-ring (bicyclic) bond motifs is 1. The van der Waals surface area contributed by atoms with Crippen molar-refractivity contribution in [2.45, 2.75) is 18.9 Å². The monoisotopic (exact) mass is 390 g/mol. The molecule has 3 N–H and O–H groups in total. The average molecular weight is 391 g/mol. The molecule has 2 aromatic rings. The Hall–Kier alpha value is -2.44. The van der Waals surface area contributed by atoms with Crippen molar-refractivity contribution in [3.63, 3.8) is 0 Å². The predicted molar refractivity (Wildman–Crippen MR) is 104 cm³/mol. The van der Waals surface area contributed by atoms with E-state index in [9.17, 15) is 4.79 Å². The Labute approximate surface area is 163 Å². The van der Waals surface area contributed by atoms with E-state index in [-0.39, 0.29) is 6.61 Å². The molecule has 0 saturated carbocycles. The molecular formula is C20H23ClN2O4. The van der Waals surface area contributed by atoms with Crippen LogP contribution in [0.1, 0.15) is 23.5 Å². The van der Waals surface area contributed by atoms with Crippen LogP contribution in [0.2, 0.25) is 5.02 Å². The van der Waals surface area contributed by atoms with Crippen LogP contribution < -0.4 is 25.3 Å². The normalized spacial score (nSPS) is 15.6. The first-order valence-corrected chi connectivity index (χ1v) is 9.16. The van der Waals surface area contributed by atoms with Gasteiger partial charge >= 0.3 is 0 Å². The molecule has 7 heteroatoms. The summed E-state index contributed by atoms with van der Waals surface area (Å²) in [5, 5.41) is 3.85.